The molecule has 0 aliphatic carbocycles. The van der Waals surface area contributed by atoms with Crippen molar-refractivity contribution >= 4 is 21.2 Å². The van der Waals surface area contributed by atoms with Crippen molar-refractivity contribution in [3.63, 3.8) is 0 Å². The van der Waals surface area contributed by atoms with Crippen LogP contribution in [0.2, 0.25) is 0 Å². The Morgan fingerprint density at radius 1 is 1.69 bits per heavy atom. The summed E-state index contributed by atoms with van der Waals surface area (Å²) in [4.78, 5) is 3.92. The lowest BCUT2D eigenvalue weighted by atomic mass is 10.5. The van der Waals surface area contributed by atoms with Gasteiger partial charge in [-0.25, -0.2) is 13.4 Å². The molecule has 1 aromatic heterocycles. The Labute approximate surface area is 81.7 Å². The molecule has 0 spiro atoms. The molecule has 1 aromatic rings. The fourth-order valence-corrected chi connectivity index (χ4v) is 2.95. The molecular weight excluding hydrogens is 208 g/mol. The number of sulfone groups is 1. The molecule has 0 saturated heterocycles. The zero-order valence-corrected chi connectivity index (χ0v) is 8.94. The number of aromatic nitrogens is 1. The minimum absolute atomic E-state index is 0.00301. The van der Waals surface area contributed by atoms with Gasteiger partial charge in [0.05, 0.1) is 5.25 Å². The fraction of sp³-hybridized carbons (Fsp3) is 0.571. The molecule has 0 bridgehead atoms. The molecule has 0 aliphatic rings. The van der Waals surface area contributed by atoms with Crippen LogP contribution in [-0.4, -0.2) is 25.2 Å². The van der Waals surface area contributed by atoms with E-state index in [9.17, 15) is 8.42 Å². The molecule has 1 rings (SSSR count). The molecule has 0 saturated carbocycles. The number of nitrogens with zero attached hydrogens (tertiary/aromatic N) is 1. The van der Waals surface area contributed by atoms with Crippen molar-refractivity contribution in [3.05, 3.63) is 16.6 Å². The highest BCUT2D eigenvalue weighted by molar-refractivity contribution is 7.91. The summed E-state index contributed by atoms with van der Waals surface area (Å²) in [6.45, 7) is 1.77. The minimum atomic E-state index is -3.11. The van der Waals surface area contributed by atoms with E-state index in [4.69, 9.17) is 5.73 Å². The number of hydrogen-bond donors (Lipinski definition) is 1. The van der Waals surface area contributed by atoms with Gasteiger partial charge in [0.2, 0.25) is 0 Å². The molecule has 0 radical (unpaired) electrons. The summed E-state index contributed by atoms with van der Waals surface area (Å²) in [7, 11) is -3.11. The summed E-state index contributed by atoms with van der Waals surface area (Å²) >= 11 is 1.35. The van der Waals surface area contributed by atoms with Gasteiger partial charge in [0, 0.05) is 18.1 Å². The third kappa shape index (κ3) is 2.75. The first-order chi connectivity index (χ1) is 6.06. The van der Waals surface area contributed by atoms with Crippen LogP contribution in [0.5, 0.6) is 0 Å². The molecule has 0 amide bonds. The molecule has 2 N–H and O–H groups in total. The number of hydrogen-bond acceptors (Lipinski definition) is 5. The Kier molecular flexibility index (Phi) is 3.40. The van der Waals surface area contributed by atoms with Gasteiger partial charge in [0.1, 0.15) is 10.8 Å². The van der Waals surface area contributed by atoms with E-state index in [1.807, 2.05) is 0 Å². The molecule has 74 valence electrons. The predicted molar refractivity (Wildman–Crippen MR) is 53.3 cm³/mol. The van der Waals surface area contributed by atoms with E-state index in [1.54, 1.807) is 18.5 Å². The van der Waals surface area contributed by atoms with Crippen LogP contribution < -0.4 is 5.73 Å². The van der Waals surface area contributed by atoms with E-state index < -0.39 is 15.1 Å². The second kappa shape index (κ2) is 4.17. The van der Waals surface area contributed by atoms with Gasteiger partial charge in [0.15, 0.2) is 9.84 Å². The number of rotatable bonds is 4. The van der Waals surface area contributed by atoms with Crippen LogP contribution in [0.15, 0.2) is 11.6 Å². The van der Waals surface area contributed by atoms with Crippen molar-refractivity contribution in [3.8, 4) is 0 Å². The van der Waals surface area contributed by atoms with Crippen LogP contribution in [0.4, 0.5) is 0 Å². The van der Waals surface area contributed by atoms with Crippen molar-refractivity contribution in [2.45, 2.75) is 17.9 Å². The summed E-state index contributed by atoms with van der Waals surface area (Å²) in [6, 6.07) is 0. The lowest BCUT2D eigenvalue weighted by Crippen LogP contribution is -2.27. The van der Waals surface area contributed by atoms with Crippen molar-refractivity contribution in [1.82, 2.24) is 4.98 Å². The Morgan fingerprint density at radius 2 is 2.38 bits per heavy atom. The highest BCUT2D eigenvalue weighted by atomic mass is 32.2. The maximum absolute atomic E-state index is 11.5. The second-order valence-corrected chi connectivity index (χ2v) is 6.18. The molecule has 6 heteroatoms. The topological polar surface area (TPSA) is 73.1 Å². The highest BCUT2D eigenvalue weighted by Gasteiger charge is 2.20. The van der Waals surface area contributed by atoms with Crippen molar-refractivity contribution in [2.75, 3.05) is 6.54 Å². The van der Waals surface area contributed by atoms with E-state index in [2.05, 4.69) is 4.98 Å². The van der Waals surface area contributed by atoms with Crippen LogP contribution in [0.1, 0.15) is 11.9 Å². The van der Waals surface area contributed by atoms with Crippen LogP contribution in [0, 0.1) is 0 Å². The quantitative estimate of drug-likeness (QED) is 0.797. The van der Waals surface area contributed by atoms with E-state index in [0.717, 1.165) is 0 Å². The van der Waals surface area contributed by atoms with Crippen LogP contribution in [0.3, 0.4) is 0 Å². The average molecular weight is 220 g/mol. The molecule has 1 unspecified atom stereocenters. The zero-order chi connectivity index (χ0) is 9.90. The predicted octanol–water partition coefficient (Wildman–Crippen LogP) is 0.405. The van der Waals surface area contributed by atoms with Crippen molar-refractivity contribution in [1.29, 1.82) is 0 Å². The molecule has 4 nitrogen and oxygen atoms in total. The van der Waals surface area contributed by atoms with Crippen LogP contribution in [0.25, 0.3) is 0 Å². The van der Waals surface area contributed by atoms with Gasteiger partial charge in [-0.2, -0.15) is 0 Å². The molecular formula is C7H12N2O2S2. The molecule has 0 aromatic carbocycles. The molecule has 0 fully saturated rings. The van der Waals surface area contributed by atoms with Gasteiger partial charge in [-0.3, -0.25) is 0 Å². The monoisotopic (exact) mass is 220 g/mol. The first-order valence-electron chi connectivity index (χ1n) is 3.86. The van der Waals surface area contributed by atoms with E-state index in [0.29, 0.717) is 5.01 Å². The lowest BCUT2D eigenvalue weighted by Gasteiger charge is -2.07. The highest BCUT2D eigenvalue weighted by Crippen LogP contribution is 2.12. The fourth-order valence-electron chi connectivity index (χ4n) is 0.785. The maximum Gasteiger partial charge on any atom is 0.160 e. The third-order valence-electron chi connectivity index (χ3n) is 1.75. The maximum atomic E-state index is 11.5. The first-order valence-corrected chi connectivity index (χ1v) is 6.46. The van der Waals surface area contributed by atoms with Gasteiger partial charge in [-0.1, -0.05) is 0 Å². The molecule has 1 atom stereocenters. The average Bonchev–Trinajstić information content (AvgIpc) is 2.54. The van der Waals surface area contributed by atoms with Crippen molar-refractivity contribution in [2.24, 2.45) is 5.73 Å². The van der Waals surface area contributed by atoms with Crippen molar-refractivity contribution < 1.29 is 8.42 Å². The largest absolute Gasteiger partial charge is 0.329 e. The van der Waals surface area contributed by atoms with Crippen LogP contribution >= 0.6 is 11.3 Å². The van der Waals surface area contributed by atoms with E-state index in [-0.39, 0.29) is 12.3 Å². The third-order valence-corrected chi connectivity index (χ3v) is 4.81. The Balaban J connectivity index is 2.74. The Bertz CT molecular complexity index is 345. The number of nitrogens with two attached hydrogens (primary N) is 1. The number of thiazole rings is 1. The van der Waals surface area contributed by atoms with Crippen LogP contribution in [-0.2, 0) is 15.6 Å². The van der Waals surface area contributed by atoms with Gasteiger partial charge in [-0.15, -0.1) is 11.3 Å². The smallest absolute Gasteiger partial charge is 0.160 e. The lowest BCUT2D eigenvalue weighted by molar-refractivity contribution is 0.583. The summed E-state index contributed by atoms with van der Waals surface area (Å²) in [6.07, 6.45) is 1.60. The second-order valence-electron chi connectivity index (χ2n) is 2.78. The SMILES string of the molecule is CC(CN)S(=O)(=O)Cc1nccs1. The molecule has 0 aliphatic heterocycles. The van der Waals surface area contributed by atoms with Gasteiger partial charge in [0.25, 0.3) is 0 Å². The normalized spacial score (nSPS) is 14.3. The zero-order valence-electron chi connectivity index (χ0n) is 7.30. The van der Waals surface area contributed by atoms with Gasteiger partial charge < -0.3 is 5.73 Å². The van der Waals surface area contributed by atoms with E-state index in [1.165, 1.54) is 11.3 Å². The Morgan fingerprint density at radius 3 is 2.85 bits per heavy atom. The van der Waals surface area contributed by atoms with E-state index >= 15 is 0 Å². The minimum Gasteiger partial charge on any atom is -0.329 e. The summed E-state index contributed by atoms with van der Waals surface area (Å²) in [5, 5.41) is 1.90. The first kappa shape index (κ1) is 10.6. The molecule has 13 heavy (non-hydrogen) atoms. The summed E-state index contributed by atoms with van der Waals surface area (Å²) in [5.74, 6) is 0.00301. The summed E-state index contributed by atoms with van der Waals surface area (Å²) < 4.78 is 23.0. The summed E-state index contributed by atoms with van der Waals surface area (Å²) in [5.41, 5.74) is 5.29. The van der Waals surface area contributed by atoms with Gasteiger partial charge >= 0.3 is 0 Å². The molecule has 1 heterocycles. The standard InChI is InChI=1S/C7H12N2O2S2/c1-6(4-8)13(10,11)5-7-9-2-3-12-7/h2-3,6H,4-5,8H2,1H3. The van der Waals surface area contributed by atoms with Gasteiger partial charge in [-0.05, 0) is 6.92 Å². The Hall–Kier alpha value is -0.460.